The number of halogens is 3. The van der Waals surface area contributed by atoms with E-state index in [9.17, 15) is 8.78 Å². The van der Waals surface area contributed by atoms with Crippen molar-refractivity contribution in [2.75, 3.05) is 18.1 Å². The van der Waals surface area contributed by atoms with Crippen molar-refractivity contribution in [3.63, 3.8) is 0 Å². The van der Waals surface area contributed by atoms with Crippen LogP contribution in [0.2, 0.25) is 5.02 Å². The van der Waals surface area contributed by atoms with Gasteiger partial charge in [-0.1, -0.05) is 11.6 Å². The first-order chi connectivity index (χ1) is 12.6. The summed E-state index contributed by atoms with van der Waals surface area (Å²) in [7, 11) is 0. The van der Waals surface area contributed by atoms with Gasteiger partial charge in [0.2, 0.25) is 0 Å². The van der Waals surface area contributed by atoms with Crippen molar-refractivity contribution in [1.29, 1.82) is 0 Å². The van der Waals surface area contributed by atoms with Crippen molar-refractivity contribution in [2.24, 2.45) is 0 Å². The molecule has 5 nitrogen and oxygen atoms in total. The second-order valence-corrected chi connectivity index (χ2v) is 6.95. The molecule has 0 unspecified atom stereocenters. The molecule has 2 aliphatic rings. The predicted molar refractivity (Wildman–Crippen MR) is 93.9 cm³/mol. The van der Waals surface area contributed by atoms with Gasteiger partial charge in [-0.05, 0) is 18.9 Å². The highest BCUT2D eigenvalue weighted by molar-refractivity contribution is 6.31. The molecule has 1 fully saturated rings. The molecular formula is C18H15ClF2N4O. The predicted octanol–water partition coefficient (Wildman–Crippen LogP) is 4.73. The molecular weight excluding hydrogens is 362 g/mol. The van der Waals surface area contributed by atoms with Crippen molar-refractivity contribution in [1.82, 2.24) is 14.4 Å². The molecule has 134 valence electrons. The van der Waals surface area contributed by atoms with Crippen LogP contribution in [0.1, 0.15) is 36.6 Å². The Morgan fingerprint density at radius 2 is 2.12 bits per heavy atom. The van der Waals surface area contributed by atoms with Gasteiger partial charge < -0.3 is 9.64 Å². The molecule has 0 N–H and O–H groups in total. The SMILES string of the molecule is FC(F)c1cc2c(cc1Cl)OCCN2c1nc(C2CC2)n2ccncc12. The third kappa shape index (κ3) is 2.41. The van der Waals surface area contributed by atoms with Gasteiger partial charge in [0.25, 0.3) is 6.43 Å². The number of imidazole rings is 1. The number of rotatable bonds is 3. The van der Waals surface area contributed by atoms with Crippen LogP contribution < -0.4 is 9.64 Å². The van der Waals surface area contributed by atoms with Gasteiger partial charge in [0, 0.05) is 29.9 Å². The van der Waals surface area contributed by atoms with Gasteiger partial charge in [-0.2, -0.15) is 0 Å². The Morgan fingerprint density at radius 3 is 2.88 bits per heavy atom. The number of fused-ring (bicyclic) bond motifs is 2. The van der Waals surface area contributed by atoms with Gasteiger partial charge in [-0.15, -0.1) is 0 Å². The van der Waals surface area contributed by atoms with Crippen LogP contribution in [0.5, 0.6) is 5.75 Å². The summed E-state index contributed by atoms with van der Waals surface area (Å²) in [5.41, 5.74) is 1.21. The normalized spacial score (nSPS) is 16.8. The highest BCUT2D eigenvalue weighted by Gasteiger charge is 2.32. The third-order valence-corrected chi connectivity index (χ3v) is 5.16. The van der Waals surface area contributed by atoms with E-state index < -0.39 is 6.43 Å². The van der Waals surface area contributed by atoms with Crippen molar-refractivity contribution in [2.45, 2.75) is 25.2 Å². The maximum absolute atomic E-state index is 13.3. The molecule has 0 bridgehead atoms. The maximum atomic E-state index is 13.3. The van der Waals surface area contributed by atoms with Crippen LogP contribution in [-0.4, -0.2) is 27.5 Å². The Hall–Kier alpha value is -2.41. The van der Waals surface area contributed by atoms with Crippen LogP contribution >= 0.6 is 11.6 Å². The van der Waals surface area contributed by atoms with Crippen LogP contribution in [0.25, 0.3) is 5.52 Å². The minimum absolute atomic E-state index is 0.00985. The van der Waals surface area contributed by atoms with Crippen LogP contribution in [0.4, 0.5) is 20.3 Å². The number of benzene rings is 1. The van der Waals surface area contributed by atoms with Crippen molar-refractivity contribution < 1.29 is 13.5 Å². The van der Waals surface area contributed by atoms with Gasteiger partial charge in [0.05, 0.1) is 23.5 Å². The molecule has 0 atom stereocenters. The Bertz CT molecular complexity index is 1000. The van der Waals surface area contributed by atoms with E-state index in [0.717, 1.165) is 24.2 Å². The zero-order valence-electron chi connectivity index (χ0n) is 13.7. The molecule has 2 aromatic heterocycles. The summed E-state index contributed by atoms with van der Waals surface area (Å²) in [6, 6.07) is 2.86. The summed E-state index contributed by atoms with van der Waals surface area (Å²) in [6.45, 7) is 0.943. The van der Waals surface area contributed by atoms with Gasteiger partial charge in [-0.25, -0.2) is 13.8 Å². The second kappa shape index (κ2) is 5.81. The molecule has 1 saturated carbocycles. The summed E-state index contributed by atoms with van der Waals surface area (Å²) in [6.07, 6.45) is 4.96. The quantitative estimate of drug-likeness (QED) is 0.663. The Balaban J connectivity index is 1.69. The zero-order chi connectivity index (χ0) is 17.8. The summed E-state index contributed by atoms with van der Waals surface area (Å²) in [4.78, 5) is 11.0. The van der Waals surface area contributed by atoms with E-state index >= 15 is 0 Å². The molecule has 1 aromatic carbocycles. The number of hydrogen-bond acceptors (Lipinski definition) is 4. The maximum Gasteiger partial charge on any atom is 0.265 e. The van der Waals surface area contributed by atoms with Crippen LogP contribution in [0.3, 0.4) is 0 Å². The molecule has 0 spiro atoms. The molecule has 3 aromatic rings. The average Bonchev–Trinajstić information content (AvgIpc) is 3.41. The Morgan fingerprint density at radius 1 is 1.27 bits per heavy atom. The zero-order valence-corrected chi connectivity index (χ0v) is 14.5. The monoisotopic (exact) mass is 376 g/mol. The van der Waals surface area contributed by atoms with Crippen molar-refractivity contribution in [3.05, 3.63) is 47.1 Å². The molecule has 1 aliphatic carbocycles. The van der Waals surface area contributed by atoms with E-state index in [4.69, 9.17) is 21.3 Å². The van der Waals surface area contributed by atoms with E-state index in [2.05, 4.69) is 4.98 Å². The molecule has 1 aliphatic heterocycles. The summed E-state index contributed by atoms with van der Waals surface area (Å²) < 4.78 is 34.3. The molecule has 8 heteroatoms. The fourth-order valence-electron chi connectivity index (χ4n) is 3.42. The summed E-state index contributed by atoms with van der Waals surface area (Å²) in [5.74, 6) is 2.64. The Kier molecular flexibility index (Phi) is 3.53. The highest BCUT2D eigenvalue weighted by Crippen LogP contribution is 2.45. The minimum atomic E-state index is -2.65. The number of nitrogens with zero attached hydrogens (tertiary/aromatic N) is 4. The average molecular weight is 377 g/mol. The number of anilines is 2. The van der Waals surface area contributed by atoms with Crippen LogP contribution in [-0.2, 0) is 0 Å². The molecule has 0 amide bonds. The molecule has 26 heavy (non-hydrogen) atoms. The smallest absolute Gasteiger partial charge is 0.265 e. The lowest BCUT2D eigenvalue weighted by atomic mass is 10.1. The largest absolute Gasteiger partial charge is 0.489 e. The van der Waals surface area contributed by atoms with Gasteiger partial charge in [-0.3, -0.25) is 9.38 Å². The number of ether oxygens (including phenoxy) is 1. The van der Waals surface area contributed by atoms with E-state index in [1.54, 1.807) is 12.4 Å². The number of aromatic nitrogens is 3. The lowest BCUT2D eigenvalue weighted by Gasteiger charge is -2.30. The lowest BCUT2D eigenvalue weighted by Crippen LogP contribution is -2.29. The molecule has 0 radical (unpaired) electrons. The highest BCUT2D eigenvalue weighted by atomic mass is 35.5. The first kappa shape index (κ1) is 15.8. The van der Waals surface area contributed by atoms with Crippen molar-refractivity contribution in [3.8, 4) is 5.75 Å². The standard InChI is InChI=1S/C18H15ClF2N4O/c19-12-8-15-13(7-11(12)16(20)21)25(5-6-26-15)18-14-9-22-3-4-24(14)17(23-18)10-1-2-10/h3-4,7-10,16H,1-2,5-6H2. The minimum Gasteiger partial charge on any atom is -0.489 e. The van der Waals surface area contributed by atoms with Gasteiger partial charge >= 0.3 is 0 Å². The van der Waals surface area contributed by atoms with E-state index in [1.165, 1.54) is 12.1 Å². The lowest BCUT2D eigenvalue weighted by molar-refractivity contribution is 0.151. The van der Waals surface area contributed by atoms with E-state index in [-0.39, 0.29) is 10.6 Å². The van der Waals surface area contributed by atoms with Crippen LogP contribution in [0, 0.1) is 0 Å². The summed E-state index contributed by atoms with van der Waals surface area (Å²) in [5, 5.41) is 0.00985. The Labute approximate surface area is 153 Å². The molecule has 5 rings (SSSR count). The topological polar surface area (TPSA) is 42.7 Å². The fourth-order valence-corrected chi connectivity index (χ4v) is 3.65. The first-order valence-electron chi connectivity index (χ1n) is 8.47. The second-order valence-electron chi connectivity index (χ2n) is 6.54. The van der Waals surface area contributed by atoms with Gasteiger partial charge in [0.15, 0.2) is 5.82 Å². The van der Waals surface area contributed by atoms with Crippen molar-refractivity contribution >= 4 is 28.6 Å². The van der Waals surface area contributed by atoms with E-state index in [1.807, 2.05) is 15.5 Å². The van der Waals surface area contributed by atoms with Crippen LogP contribution in [0.15, 0.2) is 30.7 Å². The van der Waals surface area contributed by atoms with Gasteiger partial charge in [0.1, 0.15) is 23.7 Å². The molecule has 0 saturated heterocycles. The number of alkyl halides is 2. The fraction of sp³-hybridized carbons (Fsp3) is 0.333. The summed E-state index contributed by atoms with van der Waals surface area (Å²) >= 11 is 5.99. The van der Waals surface area contributed by atoms with E-state index in [0.29, 0.717) is 36.3 Å². The third-order valence-electron chi connectivity index (χ3n) is 4.83. The first-order valence-corrected chi connectivity index (χ1v) is 8.85. The number of hydrogen-bond donors (Lipinski definition) is 0. The molecule has 3 heterocycles.